The van der Waals surface area contributed by atoms with E-state index in [0.29, 0.717) is 23.6 Å². The molecule has 1 atom stereocenters. The Labute approximate surface area is 161 Å². The van der Waals surface area contributed by atoms with Crippen molar-refractivity contribution in [3.8, 4) is 0 Å². The highest BCUT2D eigenvalue weighted by molar-refractivity contribution is 5.91. The van der Waals surface area contributed by atoms with E-state index >= 15 is 0 Å². The van der Waals surface area contributed by atoms with Gasteiger partial charge in [0.15, 0.2) is 0 Å². The minimum Gasteiger partial charge on any atom is -0.351 e. The number of likely N-dealkylation sites (tertiary alicyclic amines) is 1. The van der Waals surface area contributed by atoms with Crippen LogP contribution in [-0.2, 0) is 6.54 Å². The van der Waals surface area contributed by atoms with Gasteiger partial charge >= 0.3 is 0 Å². The predicted molar refractivity (Wildman–Crippen MR) is 105 cm³/mol. The maximum Gasteiger partial charge on any atom is 0.290 e. The van der Waals surface area contributed by atoms with Crippen LogP contribution in [0.15, 0.2) is 34.9 Å². The van der Waals surface area contributed by atoms with Gasteiger partial charge in [0.1, 0.15) is 0 Å². The van der Waals surface area contributed by atoms with Crippen LogP contribution in [0.25, 0.3) is 0 Å². The Balaban J connectivity index is 1.36. The van der Waals surface area contributed by atoms with Gasteiger partial charge in [-0.25, -0.2) is 0 Å². The largest absolute Gasteiger partial charge is 0.351 e. The fraction of sp³-hybridized carbons (Fsp3) is 0.545. The fourth-order valence-corrected chi connectivity index (χ4v) is 3.78. The monoisotopic (exact) mass is 367 g/mol. The topological polar surface area (TPSA) is 58.4 Å². The van der Waals surface area contributed by atoms with Gasteiger partial charge in [0.05, 0.1) is 5.69 Å². The Hall–Kier alpha value is -2.14. The quantitative estimate of drug-likeness (QED) is 0.836. The third-order valence-corrected chi connectivity index (χ3v) is 5.64. The van der Waals surface area contributed by atoms with E-state index in [1.54, 1.807) is 0 Å². The maximum absolute atomic E-state index is 12.1. The zero-order valence-electron chi connectivity index (χ0n) is 16.3. The average molecular weight is 367 g/mol. The Morgan fingerprint density at radius 2 is 2.04 bits per heavy atom. The van der Waals surface area contributed by atoms with E-state index in [4.69, 9.17) is 4.52 Å². The molecule has 0 unspecified atom stereocenters. The Kier molecular flexibility index (Phi) is 5.30. The first-order valence-electron chi connectivity index (χ1n) is 10.2. The van der Waals surface area contributed by atoms with Gasteiger partial charge in [0.25, 0.3) is 5.91 Å². The van der Waals surface area contributed by atoms with E-state index in [1.165, 1.54) is 11.1 Å². The molecule has 27 heavy (non-hydrogen) atoms. The summed E-state index contributed by atoms with van der Waals surface area (Å²) in [6.45, 7) is 7.47. The van der Waals surface area contributed by atoms with Crippen molar-refractivity contribution in [3.05, 3.63) is 52.9 Å². The number of hydrogen-bond acceptors (Lipinski definition) is 4. The van der Waals surface area contributed by atoms with E-state index in [1.807, 2.05) is 6.07 Å². The molecule has 144 valence electrons. The molecule has 0 spiro atoms. The van der Waals surface area contributed by atoms with E-state index < -0.39 is 0 Å². The molecular weight excluding hydrogens is 338 g/mol. The van der Waals surface area contributed by atoms with Crippen LogP contribution in [0.4, 0.5) is 0 Å². The van der Waals surface area contributed by atoms with Crippen molar-refractivity contribution in [3.63, 3.8) is 0 Å². The van der Waals surface area contributed by atoms with Gasteiger partial charge < -0.3 is 9.84 Å². The highest BCUT2D eigenvalue weighted by Gasteiger charge is 2.28. The molecule has 2 aliphatic rings. The summed E-state index contributed by atoms with van der Waals surface area (Å²) in [7, 11) is 0. The number of amides is 1. The Bertz CT molecular complexity index is 777. The second-order valence-corrected chi connectivity index (χ2v) is 8.33. The number of nitrogens with one attached hydrogen (secondary N) is 1. The molecule has 1 saturated heterocycles. The van der Waals surface area contributed by atoms with Crippen LogP contribution in [0.1, 0.15) is 78.7 Å². The Morgan fingerprint density at radius 3 is 2.74 bits per heavy atom. The summed E-state index contributed by atoms with van der Waals surface area (Å²) in [5.41, 5.74) is 3.65. The van der Waals surface area contributed by atoms with E-state index in [9.17, 15) is 4.79 Å². The molecule has 0 bridgehead atoms. The molecule has 1 saturated carbocycles. The summed E-state index contributed by atoms with van der Waals surface area (Å²) >= 11 is 0. The van der Waals surface area contributed by atoms with Gasteiger partial charge in [-0.2, -0.15) is 0 Å². The van der Waals surface area contributed by atoms with Crippen molar-refractivity contribution in [2.45, 2.75) is 64.0 Å². The van der Waals surface area contributed by atoms with Crippen LogP contribution in [0.5, 0.6) is 0 Å². The Morgan fingerprint density at radius 1 is 1.26 bits per heavy atom. The van der Waals surface area contributed by atoms with E-state index in [2.05, 4.69) is 53.5 Å². The third-order valence-electron chi connectivity index (χ3n) is 5.64. The molecule has 2 fully saturated rings. The maximum atomic E-state index is 12.1. The van der Waals surface area contributed by atoms with Crippen molar-refractivity contribution in [2.75, 3.05) is 13.1 Å². The number of hydrogen-bond donors (Lipinski definition) is 1. The lowest BCUT2D eigenvalue weighted by atomic mass is 9.94. The molecule has 1 aliphatic carbocycles. The highest BCUT2D eigenvalue weighted by atomic mass is 16.5. The molecule has 0 radical (unpaired) electrons. The van der Waals surface area contributed by atoms with Gasteiger partial charge in [-0.1, -0.05) is 43.3 Å². The highest BCUT2D eigenvalue weighted by Crippen LogP contribution is 2.28. The minimum atomic E-state index is -0.130. The van der Waals surface area contributed by atoms with Crippen LogP contribution in [0, 0.1) is 0 Å². The summed E-state index contributed by atoms with van der Waals surface area (Å²) in [5, 5.41) is 7.16. The minimum absolute atomic E-state index is 0.130. The molecule has 2 aromatic rings. The van der Waals surface area contributed by atoms with Crippen LogP contribution < -0.4 is 5.32 Å². The van der Waals surface area contributed by atoms with Gasteiger partial charge in [-0.05, 0) is 49.3 Å². The molecule has 4 rings (SSSR count). The smallest absolute Gasteiger partial charge is 0.290 e. The third kappa shape index (κ3) is 4.59. The summed E-state index contributed by atoms with van der Waals surface area (Å²) < 4.78 is 5.32. The molecule has 5 nitrogen and oxygen atoms in total. The summed E-state index contributed by atoms with van der Waals surface area (Å²) in [4.78, 5) is 14.6. The number of carbonyl (C=O) groups excluding carboxylic acids is 1. The predicted octanol–water partition coefficient (Wildman–Crippen LogP) is 4.07. The lowest BCUT2D eigenvalue weighted by Gasteiger charge is -2.31. The number of benzene rings is 1. The molecule has 1 aromatic heterocycles. The first-order chi connectivity index (χ1) is 13.1. The summed E-state index contributed by atoms with van der Waals surface area (Å²) in [6.07, 6.45) is 4.38. The second-order valence-electron chi connectivity index (χ2n) is 8.33. The number of rotatable bonds is 6. The van der Waals surface area contributed by atoms with Crippen molar-refractivity contribution in [2.24, 2.45) is 0 Å². The van der Waals surface area contributed by atoms with Crippen molar-refractivity contribution in [1.82, 2.24) is 15.4 Å². The number of piperidine rings is 1. The molecular formula is C22H29N3O2. The van der Waals surface area contributed by atoms with Crippen LogP contribution >= 0.6 is 0 Å². The zero-order valence-corrected chi connectivity index (χ0v) is 16.3. The lowest BCUT2D eigenvalue weighted by molar-refractivity contribution is 0.0914. The molecule has 1 N–H and O–H groups in total. The molecule has 5 heteroatoms. The SMILES string of the molecule is CC(C)c1ccc(CN2CCC[C@H](c3cc(C(=O)NC4CC4)on3)C2)cc1. The summed E-state index contributed by atoms with van der Waals surface area (Å²) in [6, 6.07) is 11.1. The van der Waals surface area contributed by atoms with Gasteiger partial charge in [0, 0.05) is 31.1 Å². The van der Waals surface area contributed by atoms with Crippen LogP contribution in [0.3, 0.4) is 0 Å². The molecule has 1 amide bonds. The van der Waals surface area contributed by atoms with Crippen molar-refractivity contribution < 1.29 is 9.32 Å². The van der Waals surface area contributed by atoms with E-state index in [-0.39, 0.29) is 5.91 Å². The van der Waals surface area contributed by atoms with Crippen LogP contribution in [0.2, 0.25) is 0 Å². The number of carbonyl (C=O) groups is 1. The number of aromatic nitrogens is 1. The second kappa shape index (κ2) is 7.85. The van der Waals surface area contributed by atoms with E-state index in [0.717, 1.165) is 51.0 Å². The zero-order chi connectivity index (χ0) is 18.8. The van der Waals surface area contributed by atoms with Crippen molar-refractivity contribution in [1.29, 1.82) is 0 Å². The summed E-state index contributed by atoms with van der Waals surface area (Å²) in [5.74, 6) is 1.12. The molecule has 1 aromatic carbocycles. The number of nitrogens with zero attached hydrogens (tertiary/aromatic N) is 2. The van der Waals surface area contributed by atoms with Gasteiger partial charge in [-0.15, -0.1) is 0 Å². The van der Waals surface area contributed by atoms with Crippen molar-refractivity contribution >= 4 is 5.91 Å². The molecule has 1 aliphatic heterocycles. The van der Waals surface area contributed by atoms with Gasteiger partial charge in [-0.3, -0.25) is 9.69 Å². The lowest BCUT2D eigenvalue weighted by Crippen LogP contribution is -2.34. The standard InChI is InChI=1S/C22H29N3O2/c1-15(2)17-7-5-16(6-8-17)13-25-11-3-4-18(14-25)20-12-21(27-24-20)22(26)23-19-9-10-19/h5-8,12,15,18-19H,3-4,9-11,13-14H2,1-2H3,(H,23,26)/t18-/m0/s1. The van der Waals surface area contributed by atoms with Crippen LogP contribution in [-0.4, -0.2) is 35.1 Å². The molecule has 2 heterocycles. The average Bonchev–Trinajstić information content (AvgIpc) is 3.33. The van der Waals surface area contributed by atoms with Gasteiger partial charge in [0.2, 0.25) is 5.76 Å². The first-order valence-corrected chi connectivity index (χ1v) is 10.2. The normalized spacial score (nSPS) is 20.8. The first kappa shape index (κ1) is 18.2. The fourth-order valence-electron chi connectivity index (χ4n) is 3.78.